The number of rotatable bonds is 2. The van der Waals surface area contributed by atoms with Gasteiger partial charge in [-0.05, 0) is 60.2 Å². The first kappa shape index (κ1) is 17.5. The molecule has 0 saturated heterocycles. The molecule has 26 heavy (non-hydrogen) atoms. The quantitative estimate of drug-likeness (QED) is 0.621. The van der Waals surface area contributed by atoms with Gasteiger partial charge < -0.3 is 0 Å². The van der Waals surface area contributed by atoms with Crippen LogP contribution in [0, 0.1) is 12.3 Å². The van der Waals surface area contributed by atoms with Gasteiger partial charge in [-0.3, -0.25) is 9.59 Å². The molecular formula is C23H23ClO2. The Morgan fingerprint density at radius 2 is 1.69 bits per heavy atom. The van der Waals surface area contributed by atoms with Gasteiger partial charge in [0.25, 0.3) is 0 Å². The summed E-state index contributed by atoms with van der Waals surface area (Å²) in [4.78, 5) is 26.2. The van der Waals surface area contributed by atoms with E-state index >= 15 is 0 Å². The fourth-order valence-corrected chi connectivity index (χ4v) is 4.93. The van der Waals surface area contributed by atoms with Gasteiger partial charge in [-0.1, -0.05) is 55.1 Å². The molecule has 134 valence electrons. The van der Waals surface area contributed by atoms with Gasteiger partial charge in [0.15, 0.2) is 5.78 Å². The maximum atomic E-state index is 13.3. The Hall–Kier alpha value is -1.93. The third-order valence-electron chi connectivity index (χ3n) is 6.18. The second-order valence-corrected chi connectivity index (χ2v) is 8.30. The van der Waals surface area contributed by atoms with Gasteiger partial charge in [0.05, 0.1) is 0 Å². The lowest BCUT2D eigenvalue weighted by atomic mass is 9.71. The summed E-state index contributed by atoms with van der Waals surface area (Å²) in [6, 6.07) is 13.7. The molecule has 0 aromatic heterocycles. The lowest BCUT2D eigenvalue weighted by molar-refractivity contribution is -0.129. The molecular weight excluding hydrogens is 344 g/mol. The van der Waals surface area contributed by atoms with Crippen LogP contribution >= 0.6 is 11.6 Å². The van der Waals surface area contributed by atoms with Gasteiger partial charge in [-0.25, -0.2) is 0 Å². The van der Waals surface area contributed by atoms with Crippen molar-refractivity contribution < 1.29 is 9.59 Å². The third-order valence-corrected chi connectivity index (χ3v) is 6.41. The topological polar surface area (TPSA) is 34.1 Å². The van der Waals surface area contributed by atoms with Crippen LogP contribution < -0.4 is 0 Å². The zero-order valence-electron chi connectivity index (χ0n) is 15.1. The van der Waals surface area contributed by atoms with Crippen LogP contribution in [0.25, 0.3) is 11.1 Å². The Balaban J connectivity index is 1.74. The molecule has 2 fully saturated rings. The number of carbonyl (C=O) groups excluding carboxylic acids is 2. The molecule has 0 radical (unpaired) electrons. The maximum absolute atomic E-state index is 13.3. The number of carbonyl (C=O) groups is 2. The molecule has 2 nitrogen and oxygen atoms in total. The van der Waals surface area contributed by atoms with E-state index in [1.165, 1.54) is 6.42 Å². The summed E-state index contributed by atoms with van der Waals surface area (Å²) in [5, 5.41) is 0.679. The second-order valence-electron chi connectivity index (χ2n) is 7.86. The minimum Gasteiger partial charge on any atom is -0.298 e. The molecule has 0 N–H and O–H groups in total. The van der Waals surface area contributed by atoms with E-state index in [1.807, 2.05) is 49.4 Å². The normalized spacial score (nSPS) is 22.2. The monoisotopic (exact) mass is 366 g/mol. The largest absolute Gasteiger partial charge is 0.298 e. The van der Waals surface area contributed by atoms with Crippen LogP contribution in [0.2, 0.25) is 5.02 Å². The summed E-state index contributed by atoms with van der Waals surface area (Å²) in [6.45, 7) is 1.99. The molecule has 0 bridgehead atoms. The van der Waals surface area contributed by atoms with Crippen LogP contribution in [0.15, 0.2) is 42.5 Å². The van der Waals surface area contributed by atoms with Crippen molar-refractivity contribution in [1.29, 1.82) is 0 Å². The summed E-state index contributed by atoms with van der Waals surface area (Å²) < 4.78 is 0. The van der Waals surface area contributed by atoms with Crippen LogP contribution in [-0.2, 0) is 9.59 Å². The van der Waals surface area contributed by atoms with Gasteiger partial charge in [-0.2, -0.15) is 0 Å². The molecule has 0 amide bonds. The Morgan fingerprint density at radius 1 is 0.962 bits per heavy atom. The van der Waals surface area contributed by atoms with E-state index in [2.05, 4.69) is 0 Å². The first-order valence-electron chi connectivity index (χ1n) is 9.44. The number of Topliss-reactive ketones (excluding diaryl/α,β-unsaturated/α-hetero) is 2. The highest BCUT2D eigenvalue weighted by Crippen LogP contribution is 2.50. The summed E-state index contributed by atoms with van der Waals surface area (Å²) in [7, 11) is 0. The molecule has 0 heterocycles. The predicted molar refractivity (Wildman–Crippen MR) is 105 cm³/mol. The van der Waals surface area contributed by atoms with E-state index in [0.717, 1.165) is 47.9 Å². The van der Waals surface area contributed by atoms with Crippen molar-refractivity contribution in [3.63, 3.8) is 0 Å². The van der Waals surface area contributed by atoms with Crippen molar-refractivity contribution in [2.45, 2.75) is 51.4 Å². The Kier molecular flexibility index (Phi) is 4.48. The fourth-order valence-electron chi connectivity index (χ4n) is 4.74. The summed E-state index contributed by atoms with van der Waals surface area (Å²) in [5.41, 5.74) is 3.50. The van der Waals surface area contributed by atoms with Crippen molar-refractivity contribution in [2.75, 3.05) is 0 Å². The van der Waals surface area contributed by atoms with Crippen LogP contribution in [0.5, 0.6) is 0 Å². The van der Waals surface area contributed by atoms with Crippen molar-refractivity contribution >= 4 is 23.2 Å². The Labute approximate surface area is 159 Å². The van der Waals surface area contributed by atoms with Crippen LogP contribution in [0.3, 0.4) is 0 Å². The lowest BCUT2D eigenvalue weighted by Crippen LogP contribution is -2.30. The standard InChI is InChI=1S/C23H23ClO2/c1-15-8-9-17(16-6-5-7-18(24)12-16)13-19(15)21-20(25)14-23(22(21)26)10-3-2-4-11-23/h5-9,12-13,21H,2-4,10-11,14H2,1H3. The first-order valence-corrected chi connectivity index (χ1v) is 9.81. The van der Waals surface area contributed by atoms with Crippen molar-refractivity contribution in [3.8, 4) is 11.1 Å². The minimum atomic E-state index is -0.591. The zero-order chi connectivity index (χ0) is 18.3. The summed E-state index contributed by atoms with van der Waals surface area (Å²) in [6.07, 6.45) is 5.48. The van der Waals surface area contributed by atoms with Gasteiger partial charge in [-0.15, -0.1) is 0 Å². The van der Waals surface area contributed by atoms with Crippen molar-refractivity contribution in [3.05, 3.63) is 58.6 Å². The molecule has 2 aliphatic rings. The van der Waals surface area contributed by atoms with Gasteiger partial charge in [0.2, 0.25) is 0 Å². The van der Waals surface area contributed by atoms with Crippen LogP contribution in [0.1, 0.15) is 55.6 Å². The Bertz CT molecular complexity index is 878. The van der Waals surface area contributed by atoms with E-state index in [0.29, 0.717) is 11.4 Å². The maximum Gasteiger partial charge on any atom is 0.154 e. The van der Waals surface area contributed by atoms with Crippen LogP contribution in [-0.4, -0.2) is 11.6 Å². The molecule has 2 aliphatic carbocycles. The van der Waals surface area contributed by atoms with Crippen LogP contribution in [0.4, 0.5) is 0 Å². The highest BCUT2D eigenvalue weighted by atomic mass is 35.5. The van der Waals surface area contributed by atoms with E-state index in [1.54, 1.807) is 0 Å². The second kappa shape index (κ2) is 6.66. The number of aryl methyl sites for hydroxylation is 1. The molecule has 1 spiro atoms. The number of hydrogen-bond acceptors (Lipinski definition) is 2. The number of benzene rings is 2. The SMILES string of the molecule is Cc1ccc(-c2cccc(Cl)c2)cc1C1C(=O)CC2(CCCCC2)C1=O. The fraction of sp³-hybridized carbons (Fsp3) is 0.391. The average Bonchev–Trinajstić information content (AvgIpc) is 2.86. The number of hydrogen-bond donors (Lipinski definition) is 0. The molecule has 0 aliphatic heterocycles. The predicted octanol–water partition coefficient (Wildman–Crippen LogP) is 5.89. The van der Waals surface area contributed by atoms with E-state index in [4.69, 9.17) is 11.6 Å². The van der Waals surface area contributed by atoms with Crippen molar-refractivity contribution in [2.24, 2.45) is 5.41 Å². The van der Waals surface area contributed by atoms with E-state index in [9.17, 15) is 9.59 Å². The highest BCUT2D eigenvalue weighted by Gasteiger charge is 2.53. The highest BCUT2D eigenvalue weighted by molar-refractivity contribution is 6.30. The molecule has 2 aromatic rings. The van der Waals surface area contributed by atoms with Gasteiger partial charge >= 0.3 is 0 Å². The van der Waals surface area contributed by atoms with E-state index in [-0.39, 0.29) is 11.6 Å². The lowest BCUT2D eigenvalue weighted by Gasteiger charge is -2.31. The number of halogens is 1. The average molecular weight is 367 g/mol. The zero-order valence-corrected chi connectivity index (χ0v) is 15.8. The molecule has 1 atom stereocenters. The summed E-state index contributed by atoms with van der Waals surface area (Å²) >= 11 is 6.13. The molecule has 3 heteroatoms. The minimum absolute atomic E-state index is 0.100. The first-order chi connectivity index (χ1) is 12.5. The molecule has 2 saturated carbocycles. The number of ketones is 2. The van der Waals surface area contributed by atoms with E-state index < -0.39 is 11.3 Å². The molecule has 1 unspecified atom stereocenters. The van der Waals surface area contributed by atoms with Gasteiger partial charge in [0, 0.05) is 16.9 Å². The molecule has 4 rings (SSSR count). The smallest absolute Gasteiger partial charge is 0.154 e. The third kappa shape index (κ3) is 2.91. The summed E-state index contributed by atoms with van der Waals surface area (Å²) in [5.74, 6) is -0.330. The molecule has 2 aromatic carbocycles. The van der Waals surface area contributed by atoms with Crippen molar-refractivity contribution in [1.82, 2.24) is 0 Å². The van der Waals surface area contributed by atoms with Gasteiger partial charge in [0.1, 0.15) is 11.7 Å². The Morgan fingerprint density at radius 3 is 2.42 bits per heavy atom.